The Bertz CT molecular complexity index is 478. The Labute approximate surface area is 118 Å². The molecule has 96 valence electrons. The molecule has 1 aromatic carbocycles. The predicted octanol–water partition coefficient (Wildman–Crippen LogP) is 2.42. The summed E-state index contributed by atoms with van der Waals surface area (Å²) in [5, 5.41) is 9.32. The number of rotatable bonds is 2. The van der Waals surface area contributed by atoms with Crippen molar-refractivity contribution in [1.29, 1.82) is 0 Å². The first-order valence-corrected chi connectivity index (χ1v) is 6.87. The first-order valence-electron chi connectivity index (χ1n) is 5.35. The summed E-state index contributed by atoms with van der Waals surface area (Å²) in [6, 6.07) is 8.87. The lowest BCUT2D eigenvalue weighted by Gasteiger charge is -2.29. The molecule has 0 aromatic heterocycles. The van der Waals surface area contributed by atoms with Gasteiger partial charge in [0.25, 0.3) is 0 Å². The maximum Gasteiger partial charge on any atom is 0.411 e. The van der Waals surface area contributed by atoms with Crippen LogP contribution in [0.1, 0.15) is 18.7 Å². The van der Waals surface area contributed by atoms with Crippen LogP contribution >= 0.6 is 22.6 Å². The topological polar surface area (TPSA) is 66.8 Å². The average Bonchev–Trinajstić information content (AvgIpc) is 2.64. The van der Waals surface area contributed by atoms with E-state index < -0.39 is 23.8 Å². The van der Waals surface area contributed by atoms with Crippen LogP contribution in [-0.4, -0.2) is 32.0 Å². The van der Waals surface area contributed by atoms with Gasteiger partial charge in [-0.1, -0.05) is 52.9 Å². The summed E-state index contributed by atoms with van der Waals surface area (Å²) in [7, 11) is 0. The molecule has 6 heteroatoms. The molecule has 1 N–H and O–H groups in total. The Morgan fingerprint density at radius 3 is 2.61 bits per heavy atom. The molecule has 0 spiro atoms. The van der Waals surface area contributed by atoms with Crippen LogP contribution in [0, 0.1) is 0 Å². The van der Waals surface area contributed by atoms with Crippen LogP contribution in [0.2, 0.25) is 0 Å². The van der Waals surface area contributed by atoms with E-state index in [-0.39, 0.29) is 0 Å². The van der Waals surface area contributed by atoms with E-state index >= 15 is 0 Å². The summed E-state index contributed by atoms with van der Waals surface area (Å²) in [6.07, 6.45) is -2.02. The summed E-state index contributed by atoms with van der Waals surface area (Å²) in [5.41, 5.74) is -0.478. The van der Waals surface area contributed by atoms with Crippen molar-refractivity contribution in [1.82, 2.24) is 4.90 Å². The van der Waals surface area contributed by atoms with Gasteiger partial charge in [0.15, 0.2) is 5.54 Å². The van der Waals surface area contributed by atoms with Crippen LogP contribution in [0.5, 0.6) is 0 Å². The second kappa shape index (κ2) is 4.75. The van der Waals surface area contributed by atoms with E-state index in [1.165, 1.54) is 0 Å². The fraction of sp³-hybridized carbons (Fsp3) is 0.333. The monoisotopic (exact) mass is 361 g/mol. The molecule has 1 amide bonds. The highest BCUT2D eigenvalue weighted by atomic mass is 127. The van der Waals surface area contributed by atoms with Gasteiger partial charge in [0, 0.05) is 9.99 Å². The third-order valence-corrected chi connectivity index (χ3v) is 4.46. The number of benzene rings is 1. The number of ether oxygens (including phenoxy) is 1. The lowest BCUT2D eigenvalue weighted by Crippen LogP contribution is -2.50. The van der Waals surface area contributed by atoms with Crippen molar-refractivity contribution < 1.29 is 19.4 Å². The molecular formula is C12H12INO4. The molecule has 1 heterocycles. The number of hydrogen-bond donors (Lipinski definition) is 1. The van der Waals surface area contributed by atoms with Crippen molar-refractivity contribution in [3.05, 3.63) is 35.9 Å². The third kappa shape index (κ3) is 1.94. The highest BCUT2D eigenvalue weighted by molar-refractivity contribution is 14.1. The molecule has 0 bridgehead atoms. The quantitative estimate of drug-likeness (QED) is 0.499. The number of amides is 1. The number of carboxylic acid groups (broad SMARTS) is 1. The van der Waals surface area contributed by atoms with Crippen molar-refractivity contribution in [2.75, 3.05) is 4.43 Å². The molecule has 0 unspecified atom stereocenters. The second-order valence-electron chi connectivity index (χ2n) is 4.23. The highest BCUT2D eigenvalue weighted by Crippen LogP contribution is 2.39. The fourth-order valence-corrected chi connectivity index (χ4v) is 2.58. The van der Waals surface area contributed by atoms with Crippen molar-refractivity contribution in [3.63, 3.8) is 0 Å². The van der Waals surface area contributed by atoms with E-state index in [9.17, 15) is 14.7 Å². The normalized spacial score (nSPS) is 27.1. The smallest absolute Gasteiger partial charge is 0.411 e. The van der Waals surface area contributed by atoms with E-state index in [0.717, 1.165) is 4.90 Å². The van der Waals surface area contributed by atoms with Crippen molar-refractivity contribution in [2.24, 2.45) is 0 Å². The summed E-state index contributed by atoms with van der Waals surface area (Å²) < 4.78 is 5.58. The Morgan fingerprint density at radius 2 is 2.11 bits per heavy atom. The predicted molar refractivity (Wildman–Crippen MR) is 72.4 cm³/mol. The summed E-state index contributed by atoms with van der Waals surface area (Å²) in [5.74, 6) is -0.506. The number of carbonyl (C=O) groups is 2. The lowest BCUT2D eigenvalue weighted by atomic mass is 10.0. The minimum Gasteiger partial charge on any atom is -0.465 e. The molecule has 0 radical (unpaired) electrons. The van der Waals surface area contributed by atoms with Crippen LogP contribution < -0.4 is 0 Å². The Hall–Kier alpha value is -1.31. The van der Waals surface area contributed by atoms with E-state index in [4.69, 9.17) is 4.74 Å². The fourth-order valence-electron chi connectivity index (χ4n) is 1.90. The van der Waals surface area contributed by atoms with Crippen LogP contribution in [0.15, 0.2) is 30.3 Å². The van der Waals surface area contributed by atoms with Gasteiger partial charge in [0.05, 0.1) is 0 Å². The first-order chi connectivity index (χ1) is 8.50. The number of esters is 1. The molecule has 0 saturated carbocycles. The number of halogens is 1. The molecule has 1 fully saturated rings. The number of cyclic esters (lactones) is 1. The maximum atomic E-state index is 11.9. The molecule has 5 nitrogen and oxygen atoms in total. The molecule has 1 aromatic rings. The average molecular weight is 361 g/mol. The van der Waals surface area contributed by atoms with E-state index in [1.54, 1.807) is 31.2 Å². The third-order valence-electron chi connectivity index (χ3n) is 2.98. The molecule has 0 aliphatic carbocycles. The Morgan fingerprint density at radius 1 is 1.50 bits per heavy atom. The number of nitrogens with zero attached hydrogens (tertiary/aromatic N) is 1. The first kappa shape index (κ1) is 13.1. The van der Waals surface area contributed by atoms with Gasteiger partial charge in [-0.15, -0.1) is 0 Å². The molecular weight excluding hydrogens is 349 g/mol. The van der Waals surface area contributed by atoms with Gasteiger partial charge in [0.2, 0.25) is 6.23 Å². The van der Waals surface area contributed by atoms with Gasteiger partial charge in [-0.05, 0) is 6.92 Å². The van der Waals surface area contributed by atoms with Crippen LogP contribution in [0.25, 0.3) is 0 Å². The molecule has 1 aliphatic heterocycles. The number of hydrogen-bond acceptors (Lipinski definition) is 3. The van der Waals surface area contributed by atoms with E-state index in [1.807, 2.05) is 28.7 Å². The Kier molecular flexibility index (Phi) is 3.47. The van der Waals surface area contributed by atoms with Crippen molar-refractivity contribution >= 4 is 34.7 Å². The zero-order valence-electron chi connectivity index (χ0n) is 9.67. The summed E-state index contributed by atoms with van der Waals surface area (Å²) in [6.45, 7) is 1.58. The zero-order valence-corrected chi connectivity index (χ0v) is 11.8. The molecule has 1 aliphatic rings. The molecule has 1 saturated heterocycles. The molecule has 2 rings (SSSR count). The standard InChI is InChI=1S/C12H12INO4/c1-12(7-13)10(15)18-9(14(12)11(16)17)8-5-3-2-4-6-8/h2-6,9H,7H2,1H3,(H,16,17)/t9-,12+/m0/s1. The van der Waals surface area contributed by atoms with Gasteiger partial charge in [0.1, 0.15) is 0 Å². The summed E-state index contributed by atoms with van der Waals surface area (Å²) in [4.78, 5) is 24.4. The van der Waals surface area contributed by atoms with Crippen molar-refractivity contribution in [3.8, 4) is 0 Å². The number of alkyl halides is 1. The van der Waals surface area contributed by atoms with Crippen molar-refractivity contribution in [2.45, 2.75) is 18.7 Å². The SMILES string of the molecule is C[C@@]1(CI)C(=O)O[C@@H](c2ccccc2)N1C(=O)O. The number of carbonyl (C=O) groups excluding carboxylic acids is 1. The largest absolute Gasteiger partial charge is 0.465 e. The van der Waals surface area contributed by atoms with E-state index in [2.05, 4.69) is 0 Å². The minimum atomic E-state index is -1.16. The Balaban J connectivity index is 2.44. The lowest BCUT2D eigenvalue weighted by molar-refractivity contribution is -0.144. The van der Waals surface area contributed by atoms with E-state index in [0.29, 0.717) is 9.99 Å². The highest BCUT2D eigenvalue weighted by Gasteiger charge is 2.54. The van der Waals surface area contributed by atoms with Crippen LogP contribution in [-0.2, 0) is 9.53 Å². The minimum absolute atomic E-state index is 0.346. The van der Waals surface area contributed by atoms with Gasteiger partial charge < -0.3 is 9.84 Å². The molecule has 2 atom stereocenters. The van der Waals surface area contributed by atoms with Crippen LogP contribution in [0.4, 0.5) is 4.79 Å². The van der Waals surface area contributed by atoms with Gasteiger partial charge in [-0.25, -0.2) is 9.59 Å². The second-order valence-corrected chi connectivity index (χ2v) is 4.99. The maximum absolute atomic E-state index is 11.9. The van der Waals surface area contributed by atoms with Gasteiger partial charge in [-0.3, -0.25) is 4.90 Å². The molecule has 18 heavy (non-hydrogen) atoms. The zero-order chi connectivity index (χ0) is 13.3. The summed E-state index contributed by atoms with van der Waals surface area (Å²) >= 11 is 1.99. The van der Waals surface area contributed by atoms with Crippen LogP contribution in [0.3, 0.4) is 0 Å². The van der Waals surface area contributed by atoms with Gasteiger partial charge >= 0.3 is 12.1 Å². The van der Waals surface area contributed by atoms with Gasteiger partial charge in [-0.2, -0.15) is 0 Å².